The molecule has 0 saturated carbocycles. The molecule has 1 aliphatic heterocycles. The number of ether oxygens (including phenoxy) is 1. The van der Waals surface area contributed by atoms with Crippen LogP contribution < -0.4 is 14.8 Å². The van der Waals surface area contributed by atoms with Crippen LogP contribution in [0.15, 0.2) is 40.6 Å². The number of amides is 2. The molecule has 1 fully saturated rings. The fraction of sp³-hybridized carbons (Fsp3) is 0.450. The lowest BCUT2D eigenvalue weighted by Crippen LogP contribution is -2.43. The van der Waals surface area contributed by atoms with Gasteiger partial charge in [-0.15, -0.1) is 11.3 Å². The lowest BCUT2D eigenvalue weighted by Gasteiger charge is -2.32. The maximum absolute atomic E-state index is 12.5. The van der Waals surface area contributed by atoms with E-state index in [0.717, 1.165) is 24.1 Å². The molecule has 2 amide bonds. The number of rotatable bonds is 7. The standard InChI is InChI=1S/C20H27N3O4S2/c1-3-16-8-9-19(28-16)29(25,26)21-14-15-10-12-23(13-11-15)20(24)22-17-6-4-5-7-18(17)27-2/h4-9,15,21H,3,10-14H2,1-2H3,(H,22,24). The Morgan fingerprint density at radius 2 is 1.93 bits per heavy atom. The molecule has 3 rings (SSSR count). The van der Waals surface area contributed by atoms with Crippen LogP contribution in [0, 0.1) is 5.92 Å². The molecular formula is C20H27N3O4S2. The van der Waals surface area contributed by atoms with Crippen molar-refractivity contribution in [3.63, 3.8) is 0 Å². The number of sulfonamides is 1. The number of anilines is 1. The molecule has 2 heterocycles. The van der Waals surface area contributed by atoms with Gasteiger partial charge in [0, 0.05) is 24.5 Å². The van der Waals surface area contributed by atoms with Crippen molar-refractivity contribution in [1.82, 2.24) is 9.62 Å². The number of piperidine rings is 1. The third-order valence-electron chi connectivity index (χ3n) is 5.06. The summed E-state index contributed by atoms with van der Waals surface area (Å²) in [5.41, 5.74) is 0.636. The third kappa shape index (κ3) is 5.49. The van der Waals surface area contributed by atoms with E-state index in [0.29, 0.717) is 35.3 Å². The number of carbonyl (C=O) groups is 1. The first-order valence-electron chi connectivity index (χ1n) is 9.70. The second kappa shape index (κ2) is 9.60. The van der Waals surface area contributed by atoms with Crippen LogP contribution in [0.2, 0.25) is 0 Å². The Balaban J connectivity index is 1.48. The number of aryl methyl sites for hydroxylation is 1. The number of thiophene rings is 1. The molecule has 1 aliphatic rings. The minimum atomic E-state index is -3.47. The van der Waals surface area contributed by atoms with E-state index in [1.54, 1.807) is 30.2 Å². The number of hydrogen-bond donors (Lipinski definition) is 2. The predicted molar refractivity (Wildman–Crippen MR) is 115 cm³/mol. The van der Waals surface area contributed by atoms with Gasteiger partial charge in [-0.2, -0.15) is 0 Å². The third-order valence-corrected chi connectivity index (χ3v) is 8.21. The minimum absolute atomic E-state index is 0.167. The summed E-state index contributed by atoms with van der Waals surface area (Å²) in [4.78, 5) is 15.3. The maximum atomic E-state index is 12.5. The van der Waals surface area contributed by atoms with Crippen molar-refractivity contribution in [2.45, 2.75) is 30.4 Å². The lowest BCUT2D eigenvalue weighted by atomic mass is 9.97. The fourth-order valence-corrected chi connectivity index (χ4v) is 5.73. The fourth-order valence-electron chi connectivity index (χ4n) is 3.27. The van der Waals surface area contributed by atoms with Gasteiger partial charge in [-0.3, -0.25) is 0 Å². The van der Waals surface area contributed by atoms with Gasteiger partial charge in [-0.05, 0) is 49.4 Å². The second-order valence-electron chi connectivity index (χ2n) is 6.99. The molecule has 158 valence electrons. The van der Waals surface area contributed by atoms with Crippen molar-refractivity contribution in [2.24, 2.45) is 5.92 Å². The zero-order chi connectivity index (χ0) is 20.9. The number of hydrogen-bond acceptors (Lipinski definition) is 5. The molecule has 1 aromatic carbocycles. The van der Waals surface area contributed by atoms with Crippen LogP contribution in [0.3, 0.4) is 0 Å². The van der Waals surface area contributed by atoms with E-state index >= 15 is 0 Å². The zero-order valence-corrected chi connectivity index (χ0v) is 18.3. The molecule has 7 nitrogen and oxygen atoms in total. The molecule has 0 unspecified atom stereocenters. The van der Waals surface area contributed by atoms with Crippen molar-refractivity contribution in [3.05, 3.63) is 41.3 Å². The Bertz CT molecular complexity index is 935. The highest BCUT2D eigenvalue weighted by Crippen LogP contribution is 2.25. The van der Waals surface area contributed by atoms with E-state index in [1.165, 1.54) is 11.3 Å². The Kier molecular flexibility index (Phi) is 7.15. The van der Waals surface area contributed by atoms with E-state index < -0.39 is 10.0 Å². The van der Waals surface area contributed by atoms with Crippen molar-refractivity contribution >= 4 is 33.1 Å². The Labute approximate surface area is 176 Å². The van der Waals surface area contributed by atoms with E-state index in [1.807, 2.05) is 25.1 Å². The van der Waals surface area contributed by atoms with Gasteiger partial charge in [0.25, 0.3) is 0 Å². The van der Waals surface area contributed by atoms with Crippen LogP contribution >= 0.6 is 11.3 Å². The van der Waals surface area contributed by atoms with Gasteiger partial charge < -0.3 is 15.0 Å². The topological polar surface area (TPSA) is 87.7 Å². The molecule has 2 aromatic rings. The summed E-state index contributed by atoms with van der Waals surface area (Å²) in [6.07, 6.45) is 2.34. The number of likely N-dealkylation sites (tertiary alicyclic amines) is 1. The highest BCUT2D eigenvalue weighted by molar-refractivity contribution is 7.91. The highest BCUT2D eigenvalue weighted by atomic mass is 32.2. The van der Waals surface area contributed by atoms with Gasteiger partial charge in [-0.1, -0.05) is 19.1 Å². The summed E-state index contributed by atoms with van der Waals surface area (Å²) in [6.45, 7) is 3.58. The number of benzene rings is 1. The molecule has 2 N–H and O–H groups in total. The molecule has 0 radical (unpaired) electrons. The number of carbonyl (C=O) groups excluding carboxylic acids is 1. The molecule has 29 heavy (non-hydrogen) atoms. The first-order valence-corrected chi connectivity index (χ1v) is 12.0. The first-order chi connectivity index (χ1) is 13.9. The number of methoxy groups -OCH3 is 1. The van der Waals surface area contributed by atoms with Crippen LogP contribution in [0.5, 0.6) is 5.75 Å². The largest absolute Gasteiger partial charge is 0.495 e. The van der Waals surface area contributed by atoms with Crippen molar-refractivity contribution in [1.29, 1.82) is 0 Å². The van der Waals surface area contributed by atoms with Gasteiger partial charge in [0.2, 0.25) is 10.0 Å². The molecule has 0 bridgehead atoms. The summed E-state index contributed by atoms with van der Waals surface area (Å²) in [5.74, 6) is 0.829. The summed E-state index contributed by atoms with van der Waals surface area (Å²) < 4.78 is 33.3. The van der Waals surface area contributed by atoms with Crippen molar-refractivity contribution < 1.29 is 17.9 Å². The summed E-state index contributed by atoms with van der Waals surface area (Å²) in [5, 5.41) is 2.88. The van der Waals surface area contributed by atoms with Gasteiger partial charge in [0.15, 0.2) is 0 Å². The molecular weight excluding hydrogens is 410 g/mol. The zero-order valence-electron chi connectivity index (χ0n) is 16.7. The molecule has 0 atom stereocenters. The SMILES string of the molecule is CCc1ccc(S(=O)(=O)NCC2CCN(C(=O)Nc3ccccc3OC)CC2)s1. The van der Waals surface area contributed by atoms with Crippen LogP contribution in [0.1, 0.15) is 24.6 Å². The average Bonchev–Trinajstić information content (AvgIpc) is 3.23. The number of para-hydroxylation sites is 2. The van der Waals surface area contributed by atoms with Crippen LogP contribution in [0.25, 0.3) is 0 Å². The van der Waals surface area contributed by atoms with E-state index in [2.05, 4.69) is 10.0 Å². The monoisotopic (exact) mass is 437 g/mol. The van der Waals surface area contributed by atoms with Crippen LogP contribution in [-0.4, -0.2) is 46.1 Å². The Hall–Kier alpha value is -2.10. The Morgan fingerprint density at radius 3 is 2.59 bits per heavy atom. The normalized spacial score (nSPS) is 15.3. The van der Waals surface area contributed by atoms with E-state index in [-0.39, 0.29) is 11.9 Å². The van der Waals surface area contributed by atoms with Crippen LogP contribution in [0.4, 0.5) is 10.5 Å². The quantitative estimate of drug-likeness (QED) is 0.694. The second-order valence-corrected chi connectivity index (χ2v) is 10.1. The van der Waals surface area contributed by atoms with Crippen molar-refractivity contribution in [3.8, 4) is 5.75 Å². The lowest BCUT2D eigenvalue weighted by molar-refractivity contribution is 0.183. The number of nitrogens with one attached hydrogen (secondary N) is 2. The molecule has 1 aromatic heterocycles. The summed E-state index contributed by atoms with van der Waals surface area (Å²) in [7, 11) is -1.90. The average molecular weight is 438 g/mol. The van der Waals surface area contributed by atoms with Gasteiger partial charge in [-0.25, -0.2) is 17.9 Å². The van der Waals surface area contributed by atoms with E-state index in [4.69, 9.17) is 4.74 Å². The molecule has 9 heteroatoms. The van der Waals surface area contributed by atoms with Gasteiger partial charge >= 0.3 is 6.03 Å². The molecule has 0 spiro atoms. The smallest absolute Gasteiger partial charge is 0.321 e. The first kappa shape index (κ1) is 21.6. The summed E-state index contributed by atoms with van der Waals surface area (Å²) >= 11 is 1.31. The van der Waals surface area contributed by atoms with Crippen molar-refractivity contribution in [2.75, 3.05) is 32.1 Å². The maximum Gasteiger partial charge on any atom is 0.321 e. The minimum Gasteiger partial charge on any atom is -0.495 e. The molecule has 0 aliphatic carbocycles. The molecule has 1 saturated heterocycles. The number of urea groups is 1. The van der Waals surface area contributed by atoms with E-state index in [9.17, 15) is 13.2 Å². The Morgan fingerprint density at radius 1 is 1.21 bits per heavy atom. The van der Waals surface area contributed by atoms with Gasteiger partial charge in [0.05, 0.1) is 12.8 Å². The van der Waals surface area contributed by atoms with Gasteiger partial charge in [0.1, 0.15) is 9.96 Å². The highest BCUT2D eigenvalue weighted by Gasteiger charge is 2.25. The number of nitrogens with zero attached hydrogens (tertiary/aromatic N) is 1. The predicted octanol–water partition coefficient (Wildman–Crippen LogP) is 3.54. The summed E-state index contributed by atoms with van der Waals surface area (Å²) in [6, 6.07) is 10.6. The van der Waals surface area contributed by atoms with Crippen LogP contribution in [-0.2, 0) is 16.4 Å².